The summed E-state index contributed by atoms with van der Waals surface area (Å²) >= 11 is 0. The average Bonchev–Trinajstić information content (AvgIpc) is 2.65. The Bertz CT molecular complexity index is 321. The van der Waals surface area contributed by atoms with Crippen LogP contribution in [0.3, 0.4) is 0 Å². The summed E-state index contributed by atoms with van der Waals surface area (Å²) < 4.78 is 4.81. The molecule has 0 radical (unpaired) electrons. The van der Waals surface area contributed by atoms with Gasteiger partial charge < -0.3 is 9.84 Å². The van der Waals surface area contributed by atoms with Crippen molar-refractivity contribution in [2.75, 3.05) is 6.61 Å². The van der Waals surface area contributed by atoms with Crippen molar-refractivity contribution in [2.24, 2.45) is 5.92 Å². The van der Waals surface area contributed by atoms with E-state index < -0.39 is 6.10 Å². The van der Waals surface area contributed by atoms with Crippen molar-refractivity contribution in [3.8, 4) is 0 Å². The average molecular weight is 192 g/mol. The summed E-state index contributed by atoms with van der Waals surface area (Å²) in [5, 5.41) is 9.91. The summed E-state index contributed by atoms with van der Waals surface area (Å²) in [7, 11) is 0. The van der Waals surface area contributed by atoms with Crippen molar-refractivity contribution in [1.82, 2.24) is 0 Å². The van der Waals surface area contributed by atoms with Gasteiger partial charge in [0.1, 0.15) is 0 Å². The van der Waals surface area contributed by atoms with Crippen LogP contribution in [0.2, 0.25) is 0 Å². The van der Waals surface area contributed by atoms with Crippen molar-refractivity contribution >= 4 is 5.97 Å². The molecule has 3 heteroatoms. The largest absolute Gasteiger partial charge is 0.465 e. The minimum Gasteiger partial charge on any atom is -0.465 e. The Balaban J connectivity index is 2.09. The highest BCUT2D eigenvalue weighted by Gasteiger charge is 2.30. The molecule has 1 aromatic rings. The van der Waals surface area contributed by atoms with Crippen LogP contribution in [0.1, 0.15) is 18.1 Å². The number of ether oxygens (including phenoxy) is 1. The normalized spacial score (nSPS) is 23.2. The predicted molar refractivity (Wildman–Crippen MR) is 50.5 cm³/mol. The molecule has 1 aliphatic heterocycles. The lowest BCUT2D eigenvalue weighted by Crippen LogP contribution is -2.12. The quantitative estimate of drug-likeness (QED) is 0.718. The number of cyclic esters (lactones) is 1. The van der Waals surface area contributed by atoms with Crippen LogP contribution in [0.15, 0.2) is 30.3 Å². The Hall–Kier alpha value is -1.35. The molecule has 2 rings (SSSR count). The van der Waals surface area contributed by atoms with E-state index in [1.165, 1.54) is 0 Å². The number of hydrogen-bond donors (Lipinski definition) is 1. The maximum Gasteiger partial charge on any atom is 0.306 e. The lowest BCUT2D eigenvalue weighted by atomic mass is 9.95. The van der Waals surface area contributed by atoms with Crippen molar-refractivity contribution in [3.63, 3.8) is 0 Å². The van der Waals surface area contributed by atoms with Gasteiger partial charge in [0.15, 0.2) is 0 Å². The molecular formula is C11H12O3. The van der Waals surface area contributed by atoms with Crippen LogP contribution in [-0.4, -0.2) is 17.7 Å². The highest BCUT2D eigenvalue weighted by Crippen LogP contribution is 2.28. The number of aliphatic hydroxyl groups excluding tert-OH is 1. The zero-order valence-electron chi connectivity index (χ0n) is 7.72. The zero-order valence-corrected chi connectivity index (χ0v) is 7.72. The van der Waals surface area contributed by atoms with E-state index in [9.17, 15) is 9.90 Å². The van der Waals surface area contributed by atoms with Crippen molar-refractivity contribution in [1.29, 1.82) is 0 Å². The molecule has 2 atom stereocenters. The highest BCUT2D eigenvalue weighted by atomic mass is 16.5. The minimum atomic E-state index is -0.595. The number of carbonyl (C=O) groups is 1. The molecular weight excluding hydrogens is 180 g/mol. The molecule has 1 N–H and O–H groups in total. The van der Waals surface area contributed by atoms with Gasteiger partial charge in [-0.05, 0) is 5.56 Å². The minimum absolute atomic E-state index is 0.0927. The fourth-order valence-electron chi connectivity index (χ4n) is 1.66. The monoisotopic (exact) mass is 192 g/mol. The van der Waals surface area contributed by atoms with Gasteiger partial charge in [0.25, 0.3) is 0 Å². The smallest absolute Gasteiger partial charge is 0.306 e. The second kappa shape index (κ2) is 3.80. The Morgan fingerprint density at radius 1 is 1.36 bits per heavy atom. The van der Waals surface area contributed by atoms with Crippen LogP contribution < -0.4 is 0 Å². The third-order valence-electron chi connectivity index (χ3n) is 2.47. The molecule has 14 heavy (non-hydrogen) atoms. The zero-order chi connectivity index (χ0) is 9.97. The SMILES string of the molecule is O=C1C[C@H]([C@@H](O)c2ccccc2)CO1. The highest BCUT2D eigenvalue weighted by molar-refractivity contribution is 5.71. The summed E-state index contributed by atoms with van der Waals surface area (Å²) in [5.41, 5.74) is 0.843. The van der Waals surface area contributed by atoms with Gasteiger partial charge in [0, 0.05) is 5.92 Å². The van der Waals surface area contributed by atoms with E-state index in [0.717, 1.165) is 5.56 Å². The maximum atomic E-state index is 10.9. The van der Waals surface area contributed by atoms with Gasteiger partial charge in [-0.25, -0.2) is 0 Å². The molecule has 1 aliphatic rings. The van der Waals surface area contributed by atoms with Crippen LogP contribution >= 0.6 is 0 Å². The van der Waals surface area contributed by atoms with Gasteiger partial charge in [-0.15, -0.1) is 0 Å². The number of benzene rings is 1. The number of carbonyl (C=O) groups excluding carboxylic acids is 1. The van der Waals surface area contributed by atoms with Gasteiger partial charge in [-0.2, -0.15) is 0 Å². The van der Waals surface area contributed by atoms with E-state index >= 15 is 0 Å². The van der Waals surface area contributed by atoms with E-state index in [1.807, 2.05) is 30.3 Å². The molecule has 0 aromatic heterocycles. The molecule has 3 nitrogen and oxygen atoms in total. The first-order valence-corrected chi connectivity index (χ1v) is 4.66. The molecule has 74 valence electrons. The van der Waals surface area contributed by atoms with E-state index in [-0.39, 0.29) is 11.9 Å². The maximum absolute atomic E-state index is 10.9. The van der Waals surface area contributed by atoms with Crippen molar-refractivity contribution in [2.45, 2.75) is 12.5 Å². The molecule has 0 amide bonds. The summed E-state index contributed by atoms with van der Waals surface area (Å²) in [4.78, 5) is 10.9. The van der Waals surface area contributed by atoms with Gasteiger partial charge in [0.2, 0.25) is 0 Å². The molecule has 1 saturated heterocycles. The summed E-state index contributed by atoms with van der Waals surface area (Å²) in [6, 6.07) is 9.35. The van der Waals surface area contributed by atoms with Crippen LogP contribution in [0, 0.1) is 5.92 Å². The second-order valence-electron chi connectivity index (χ2n) is 3.50. The number of aliphatic hydroxyl groups is 1. The van der Waals surface area contributed by atoms with E-state index in [1.54, 1.807) is 0 Å². The van der Waals surface area contributed by atoms with E-state index in [4.69, 9.17) is 4.74 Å². The third-order valence-corrected chi connectivity index (χ3v) is 2.47. The van der Waals surface area contributed by atoms with Crippen LogP contribution in [-0.2, 0) is 9.53 Å². The lowest BCUT2D eigenvalue weighted by Gasteiger charge is -2.15. The predicted octanol–water partition coefficient (Wildman–Crippen LogP) is 1.28. The first-order valence-electron chi connectivity index (χ1n) is 4.66. The van der Waals surface area contributed by atoms with Crippen LogP contribution in [0.25, 0.3) is 0 Å². The third kappa shape index (κ3) is 1.77. The molecule has 0 spiro atoms. The van der Waals surface area contributed by atoms with Gasteiger partial charge in [0.05, 0.1) is 19.1 Å². The molecule has 1 heterocycles. The van der Waals surface area contributed by atoms with Gasteiger partial charge >= 0.3 is 5.97 Å². The van der Waals surface area contributed by atoms with Crippen molar-refractivity contribution in [3.05, 3.63) is 35.9 Å². The molecule has 0 saturated carbocycles. The fraction of sp³-hybridized carbons (Fsp3) is 0.364. The fourth-order valence-corrected chi connectivity index (χ4v) is 1.66. The number of esters is 1. The number of hydrogen-bond acceptors (Lipinski definition) is 3. The topological polar surface area (TPSA) is 46.5 Å². The van der Waals surface area contributed by atoms with Crippen molar-refractivity contribution < 1.29 is 14.6 Å². The first kappa shape index (κ1) is 9.21. The molecule has 0 aliphatic carbocycles. The Morgan fingerprint density at radius 3 is 2.64 bits per heavy atom. The van der Waals surface area contributed by atoms with Crippen LogP contribution in [0.5, 0.6) is 0 Å². The first-order chi connectivity index (χ1) is 6.77. The molecule has 1 fully saturated rings. The van der Waals surface area contributed by atoms with E-state index in [0.29, 0.717) is 13.0 Å². The lowest BCUT2D eigenvalue weighted by molar-refractivity contribution is -0.137. The summed E-state index contributed by atoms with van der Waals surface area (Å²) in [6.45, 7) is 0.328. The number of rotatable bonds is 2. The second-order valence-corrected chi connectivity index (χ2v) is 3.50. The van der Waals surface area contributed by atoms with Gasteiger partial charge in [-0.1, -0.05) is 30.3 Å². The Kier molecular flexibility index (Phi) is 2.50. The van der Waals surface area contributed by atoms with Gasteiger partial charge in [-0.3, -0.25) is 4.79 Å². The summed E-state index contributed by atoms with van der Waals surface area (Å²) in [5.74, 6) is -0.310. The summed E-state index contributed by atoms with van der Waals surface area (Å²) in [6.07, 6.45) is -0.279. The molecule has 0 bridgehead atoms. The van der Waals surface area contributed by atoms with E-state index in [2.05, 4.69) is 0 Å². The standard InChI is InChI=1S/C11H12O3/c12-10-6-9(7-14-10)11(13)8-4-2-1-3-5-8/h1-5,9,11,13H,6-7H2/t9-,11-/m0/s1. The molecule has 1 aromatic carbocycles. The Morgan fingerprint density at radius 2 is 2.07 bits per heavy atom. The molecule has 0 unspecified atom stereocenters. The Labute approximate surface area is 82.3 Å². The van der Waals surface area contributed by atoms with Crippen LogP contribution in [0.4, 0.5) is 0 Å².